The first-order valence-electron chi connectivity index (χ1n) is 13.0. The molecular weight excluding hydrogens is 432 g/mol. The SMILES string of the molecule is C#CCC[C@@H](C(=O)C(C)(C)[C@@H]1CCOC(C)(C)O1)C(OC1CCCCO1)[C@@H](C)CCCC(C)=O. The lowest BCUT2D eigenvalue weighted by atomic mass is 9.70. The van der Waals surface area contributed by atoms with Crippen molar-refractivity contribution in [2.75, 3.05) is 13.2 Å². The Labute approximate surface area is 206 Å². The van der Waals surface area contributed by atoms with Crippen LogP contribution in [0.1, 0.15) is 99.3 Å². The fourth-order valence-electron chi connectivity index (χ4n) is 5.13. The average Bonchev–Trinajstić information content (AvgIpc) is 2.78. The van der Waals surface area contributed by atoms with Gasteiger partial charge in [-0.15, -0.1) is 12.3 Å². The van der Waals surface area contributed by atoms with Crippen molar-refractivity contribution in [1.29, 1.82) is 0 Å². The molecule has 0 bridgehead atoms. The van der Waals surface area contributed by atoms with E-state index in [-0.39, 0.29) is 41.9 Å². The summed E-state index contributed by atoms with van der Waals surface area (Å²) in [4.78, 5) is 25.7. The Kier molecular flexibility index (Phi) is 11.2. The third-order valence-electron chi connectivity index (χ3n) is 7.22. The van der Waals surface area contributed by atoms with Gasteiger partial charge in [-0.05, 0) is 71.6 Å². The van der Waals surface area contributed by atoms with Crippen molar-refractivity contribution in [3.8, 4) is 12.3 Å². The van der Waals surface area contributed by atoms with Crippen LogP contribution in [0, 0.1) is 29.6 Å². The van der Waals surface area contributed by atoms with Gasteiger partial charge in [0.05, 0.1) is 24.2 Å². The summed E-state index contributed by atoms with van der Waals surface area (Å²) < 4.78 is 24.4. The van der Waals surface area contributed by atoms with E-state index in [4.69, 9.17) is 25.4 Å². The molecule has 2 rings (SSSR count). The van der Waals surface area contributed by atoms with Gasteiger partial charge in [0.25, 0.3) is 0 Å². The van der Waals surface area contributed by atoms with Gasteiger partial charge >= 0.3 is 0 Å². The molecule has 0 aliphatic carbocycles. The molecule has 2 aliphatic heterocycles. The van der Waals surface area contributed by atoms with Crippen LogP contribution in [0.25, 0.3) is 0 Å². The monoisotopic (exact) mass is 478 g/mol. The van der Waals surface area contributed by atoms with Crippen LogP contribution in [0.15, 0.2) is 0 Å². The number of ether oxygens (including phenoxy) is 4. The highest BCUT2D eigenvalue weighted by Gasteiger charge is 2.48. The molecule has 0 N–H and O–H groups in total. The molecule has 0 radical (unpaired) electrons. The van der Waals surface area contributed by atoms with E-state index in [1.54, 1.807) is 6.92 Å². The minimum Gasteiger partial charge on any atom is -0.353 e. The molecule has 0 aromatic rings. The summed E-state index contributed by atoms with van der Waals surface area (Å²) in [5, 5.41) is 0. The molecule has 2 saturated heterocycles. The number of Topliss-reactive ketones (excluding diaryl/α,β-unsaturated/α-hetero) is 2. The highest BCUT2D eigenvalue weighted by Crippen LogP contribution is 2.40. The van der Waals surface area contributed by atoms with Crippen LogP contribution in [0.2, 0.25) is 0 Å². The smallest absolute Gasteiger partial charge is 0.163 e. The number of ketones is 2. The topological polar surface area (TPSA) is 71.1 Å². The molecule has 2 unspecified atom stereocenters. The Balaban J connectivity index is 2.29. The molecular formula is C28H46O6. The minimum atomic E-state index is -0.728. The van der Waals surface area contributed by atoms with E-state index in [1.165, 1.54) is 0 Å². The Morgan fingerprint density at radius 2 is 1.91 bits per heavy atom. The van der Waals surface area contributed by atoms with E-state index < -0.39 is 11.2 Å². The summed E-state index contributed by atoms with van der Waals surface area (Å²) in [5.74, 6) is 2.00. The highest BCUT2D eigenvalue weighted by atomic mass is 16.7. The second-order valence-corrected chi connectivity index (χ2v) is 11.0. The Morgan fingerprint density at radius 3 is 2.50 bits per heavy atom. The predicted molar refractivity (Wildman–Crippen MR) is 132 cm³/mol. The third kappa shape index (κ3) is 8.45. The van der Waals surface area contributed by atoms with Crippen molar-refractivity contribution in [3.05, 3.63) is 0 Å². The normalized spacial score (nSPS) is 25.7. The fourth-order valence-corrected chi connectivity index (χ4v) is 5.13. The average molecular weight is 479 g/mol. The number of hydrogen-bond acceptors (Lipinski definition) is 6. The molecule has 0 amide bonds. The third-order valence-corrected chi connectivity index (χ3v) is 7.22. The van der Waals surface area contributed by atoms with Crippen LogP contribution < -0.4 is 0 Å². The number of terminal acetylenes is 1. The van der Waals surface area contributed by atoms with Crippen LogP contribution >= 0.6 is 0 Å². The molecule has 0 aromatic heterocycles. The standard InChI is InChI=1S/C28H46O6/c1-8-9-15-22(26(30)27(4,5)23-17-19-32-28(6,7)34-23)25(20(2)13-12-14-21(3)29)33-24-16-10-11-18-31-24/h1,20,22-25H,9-19H2,2-7H3/t20-,22+,23-,24?,25?/m0/s1. The Hall–Kier alpha value is -1.26. The summed E-state index contributed by atoms with van der Waals surface area (Å²) in [6.45, 7) is 12.7. The molecule has 6 nitrogen and oxygen atoms in total. The molecule has 0 aromatic carbocycles. The summed E-state index contributed by atoms with van der Waals surface area (Å²) in [7, 11) is 0. The second-order valence-electron chi connectivity index (χ2n) is 11.0. The first kappa shape index (κ1) is 29.0. The zero-order valence-electron chi connectivity index (χ0n) is 22.2. The molecule has 2 aliphatic rings. The van der Waals surface area contributed by atoms with E-state index in [0.717, 1.165) is 32.1 Å². The van der Waals surface area contributed by atoms with Gasteiger partial charge in [0.15, 0.2) is 12.1 Å². The van der Waals surface area contributed by atoms with Gasteiger partial charge in [-0.1, -0.05) is 20.8 Å². The van der Waals surface area contributed by atoms with Gasteiger partial charge in [0.1, 0.15) is 11.6 Å². The summed E-state index contributed by atoms with van der Waals surface area (Å²) in [6.07, 6.45) is 11.5. The van der Waals surface area contributed by atoms with Gasteiger partial charge < -0.3 is 23.7 Å². The summed E-state index contributed by atoms with van der Waals surface area (Å²) >= 11 is 0. The Bertz CT molecular complexity index is 700. The quantitative estimate of drug-likeness (QED) is 0.327. The van der Waals surface area contributed by atoms with E-state index in [9.17, 15) is 9.59 Å². The van der Waals surface area contributed by atoms with Crippen molar-refractivity contribution in [3.63, 3.8) is 0 Å². The van der Waals surface area contributed by atoms with Crippen LogP contribution in [0.3, 0.4) is 0 Å². The molecule has 6 heteroatoms. The van der Waals surface area contributed by atoms with Crippen molar-refractivity contribution in [1.82, 2.24) is 0 Å². The van der Waals surface area contributed by atoms with Gasteiger partial charge in [-0.25, -0.2) is 0 Å². The van der Waals surface area contributed by atoms with Crippen molar-refractivity contribution < 1.29 is 28.5 Å². The first-order valence-corrected chi connectivity index (χ1v) is 13.0. The lowest BCUT2D eigenvalue weighted by molar-refractivity contribution is -0.289. The number of rotatable bonds is 13. The maximum Gasteiger partial charge on any atom is 0.163 e. The van der Waals surface area contributed by atoms with Gasteiger partial charge in [0, 0.05) is 25.4 Å². The molecule has 34 heavy (non-hydrogen) atoms. The summed E-state index contributed by atoms with van der Waals surface area (Å²) in [5.41, 5.74) is -0.728. The van der Waals surface area contributed by atoms with Crippen LogP contribution in [-0.4, -0.2) is 49.1 Å². The van der Waals surface area contributed by atoms with Crippen LogP contribution in [0.4, 0.5) is 0 Å². The van der Waals surface area contributed by atoms with E-state index >= 15 is 0 Å². The fraction of sp³-hybridized carbons (Fsp3) is 0.857. The van der Waals surface area contributed by atoms with Crippen LogP contribution in [-0.2, 0) is 28.5 Å². The van der Waals surface area contributed by atoms with E-state index in [0.29, 0.717) is 38.9 Å². The lowest BCUT2D eigenvalue weighted by Gasteiger charge is -2.45. The molecule has 0 spiro atoms. The number of carbonyl (C=O) groups is 2. The van der Waals surface area contributed by atoms with Gasteiger partial charge in [0.2, 0.25) is 0 Å². The maximum absolute atomic E-state index is 14.2. The van der Waals surface area contributed by atoms with Crippen molar-refractivity contribution >= 4 is 11.6 Å². The van der Waals surface area contributed by atoms with E-state index in [2.05, 4.69) is 12.8 Å². The molecule has 2 heterocycles. The lowest BCUT2D eigenvalue weighted by Crippen LogP contribution is -2.52. The number of hydrogen-bond donors (Lipinski definition) is 0. The minimum absolute atomic E-state index is 0.0828. The van der Waals surface area contributed by atoms with Gasteiger partial charge in [-0.3, -0.25) is 4.79 Å². The zero-order chi connectivity index (χ0) is 25.4. The van der Waals surface area contributed by atoms with Crippen LogP contribution in [0.5, 0.6) is 0 Å². The maximum atomic E-state index is 14.2. The second kappa shape index (κ2) is 13.2. The van der Waals surface area contributed by atoms with Crippen molar-refractivity contribution in [2.24, 2.45) is 17.3 Å². The first-order chi connectivity index (χ1) is 16.0. The molecule has 5 atom stereocenters. The highest BCUT2D eigenvalue weighted by molar-refractivity contribution is 5.87. The van der Waals surface area contributed by atoms with Crippen molar-refractivity contribution in [2.45, 2.75) is 124 Å². The molecule has 2 fully saturated rings. The zero-order valence-corrected chi connectivity index (χ0v) is 22.2. The predicted octanol–water partition coefficient (Wildman–Crippen LogP) is 5.46. The molecule has 194 valence electrons. The molecule has 0 saturated carbocycles. The van der Waals surface area contributed by atoms with E-state index in [1.807, 2.05) is 27.7 Å². The Morgan fingerprint density at radius 1 is 1.18 bits per heavy atom. The van der Waals surface area contributed by atoms with Gasteiger partial charge in [-0.2, -0.15) is 0 Å². The summed E-state index contributed by atoms with van der Waals surface area (Å²) in [6, 6.07) is 0. The largest absolute Gasteiger partial charge is 0.353 e. The number of carbonyl (C=O) groups excluding carboxylic acids is 2.